The molecule has 0 radical (unpaired) electrons. The molecule has 6 heteroatoms. The van der Waals surface area contributed by atoms with Gasteiger partial charge in [-0.05, 0) is 134 Å². The van der Waals surface area contributed by atoms with E-state index in [4.69, 9.17) is 0 Å². The van der Waals surface area contributed by atoms with Crippen LogP contribution >= 0.6 is 47.0 Å². The topological polar surface area (TPSA) is 34.1 Å². The number of ketones is 2. The summed E-state index contributed by atoms with van der Waals surface area (Å²) in [4.78, 5) is 39.3. The zero-order valence-electron chi connectivity index (χ0n) is 38.5. The fourth-order valence-electron chi connectivity index (χ4n) is 8.73. The van der Waals surface area contributed by atoms with Crippen molar-refractivity contribution in [1.29, 1.82) is 0 Å². The third-order valence-electron chi connectivity index (χ3n) is 12.4. The van der Waals surface area contributed by atoms with Gasteiger partial charge in [0, 0.05) is 50.3 Å². The van der Waals surface area contributed by atoms with E-state index >= 15 is 9.59 Å². The molecule has 2 nitrogen and oxygen atoms in total. The summed E-state index contributed by atoms with van der Waals surface area (Å²) in [6.45, 7) is 8.96. The largest absolute Gasteiger partial charge is 0.293 e. The normalized spacial score (nSPS) is 15.8. The lowest BCUT2D eigenvalue weighted by atomic mass is 9.72. The molecule has 0 bridgehead atoms. The number of thioether (sulfide) groups is 2. The maximum atomic E-state index is 15.7. The number of allylic oxidation sites excluding steroid dienone is 4. The van der Waals surface area contributed by atoms with Crippen molar-refractivity contribution in [3.8, 4) is 0 Å². The van der Waals surface area contributed by atoms with Gasteiger partial charge in [0.15, 0.2) is 11.6 Å². The van der Waals surface area contributed by atoms with Gasteiger partial charge in [0.2, 0.25) is 0 Å². The number of hydrogen-bond donors (Lipinski definition) is 0. The van der Waals surface area contributed by atoms with E-state index in [2.05, 4.69) is 149 Å². The highest BCUT2D eigenvalue weighted by Crippen LogP contribution is 2.53. The second-order valence-corrected chi connectivity index (χ2v) is 22.0. The van der Waals surface area contributed by atoms with Gasteiger partial charge in [-0.25, -0.2) is 0 Å². The van der Waals surface area contributed by atoms with Crippen LogP contribution in [0.2, 0.25) is 0 Å². The molecule has 0 aromatic heterocycles. The molecule has 5 aromatic rings. The predicted octanol–water partition coefficient (Wildman–Crippen LogP) is 17.9. The van der Waals surface area contributed by atoms with Gasteiger partial charge in [0.05, 0.1) is 11.8 Å². The second-order valence-electron chi connectivity index (χ2n) is 17.4. The lowest BCUT2D eigenvalue weighted by molar-refractivity contribution is 0.0791. The molecule has 5 aromatic carbocycles. The fourth-order valence-corrected chi connectivity index (χ4v) is 12.8. The first-order valence-corrected chi connectivity index (χ1v) is 27.4. The van der Waals surface area contributed by atoms with Gasteiger partial charge in [0.25, 0.3) is 0 Å². The van der Waals surface area contributed by atoms with Crippen molar-refractivity contribution in [2.24, 2.45) is 11.8 Å². The zero-order valence-corrected chi connectivity index (χ0v) is 41.7. The van der Waals surface area contributed by atoms with Gasteiger partial charge in [0.1, 0.15) is 0 Å². The molecule has 0 saturated carbocycles. The molecule has 64 heavy (non-hydrogen) atoms. The number of carbonyl (C=O) groups excluding carboxylic acids is 2. The van der Waals surface area contributed by atoms with E-state index in [1.165, 1.54) is 99.3 Å². The van der Waals surface area contributed by atoms with Crippen LogP contribution in [0.25, 0.3) is 0 Å². The Morgan fingerprint density at radius 3 is 0.875 bits per heavy atom. The summed E-state index contributed by atoms with van der Waals surface area (Å²) in [5, 5.41) is 0. The first-order chi connectivity index (χ1) is 31.4. The molecule has 2 atom stereocenters. The predicted molar refractivity (Wildman–Crippen MR) is 277 cm³/mol. The summed E-state index contributed by atoms with van der Waals surface area (Å²) in [5.41, 5.74) is 6.50. The Morgan fingerprint density at radius 2 is 0.609 bits per heavy atom. The second kappa shape index (κ2) is 24.7. The molecule has 0 aliphatic heterocycles. The molecule has 2 unspecified atom stereocenters. The van der Waals surface area contributed by atoms with Gasteiger partial charge < -0.3 is 0 Å². The molecule has 2 aliphatic rings. The minimum atomic E-state index is -0.613. The van der Waals surface area contributed by atoms with Crippen molar-refractivity contribution < 1.29 is 9.59 Å². The number of fused-ring (bicyclic) bond motifs is 2. The monoisotopic (exact) mass is 922 g/mol. The smallest absolute Gasteiger partial charge is 0.173 e. The number of unbranched alkanes of at least 4 members (excludes halogenated alkanes) is 8. The third kappa shape index (κ3) is 12.8. The summed E-state index contributed by atoms with van der Waals surface area (Å²) in [6.07, 6.45) is 23.0. The van der Waals surface area contributed by atoms with Crippen LogP contribution in [0, 0.1) is 11.8 Å². The molecule has 0 spiro atoms. The van der Waals surface area contributed by atoms with Crippen LogP contribution in [-0.4, -0.2) is 11.6 Å². The van der Waals surface area contributed by atoms with E-state index in [0.29, 0.717) is 11.1 Å². The van der Waals surface area contributed by atoms with Crippen molar-refractivity contribution in [3.63, 3.8) is 0 Å². The van der Waals surface area contributed by atoms with E-state index in [1.807, 2.05) is 0 Å². The van der Waals surface area contributed by atoms with Crippen LogP contribution < -0.4 is 0 Å². The van der Waals surface area contributed by atoms with Gasteiger partial charge in [-0.2, -0.15) is 0 Å². The van der Waals surface area contributed by atoms with Crippen molar-refractivity contribution in [2.45, 2.75) is 160 Å². The highest BCUT2D eigenvalue weighted by molar-refractivity contribution is 8.03. The lowest BCUT2D eigenvalue weighted by Gasteiger charge is -2.37. The minimum Gasteiger partial charge on any atom is -0.293 e. The van der Waals surface area contributed by atoms with E-state index in [9.17, 15) is 0 Å². The van der Waals surface area contributed by atoms with Crippen LogP contribution in [0.4, 0.5) is 0 Å². The number of Topliss-reactive ketones (excluding diaryl/α,β-unsaturated/α-hetero) is 2. The van der Waals surface area contributed by atoms with Crippen molar-refractivity contribution in [2.75, 3.05) is 0 Å². The van der Waals surface area contributed by atoms with Crippen LogP contribution in [0.1, 0.15) is 148 Å². The molecular weight excluding hydrogens is 857 g/mol. The van der Waals surface area contributed by atoms with E-state index in [1.54, 1.807) is 47.0 Å². The lowest BCUT2D eigenvalue weighted by Crippen LogP contribution is -2.39. The van der Waals surface area contributed by atoms with E-state index < -0.39 is 11.8 Å². The Morgan fingerprint density at radius 1 is 0.344 bits per heavy atom. The zero-order chi connectivity index (χ0) is 44.7. The quantitative estimate of drug-likeness (QED) is 0.0574. The van der Waals surface area contributed by atoms with Crippen molar-refractivity contribution in [1.82, 2.24) is 0 Å². The number of benzene rings is 5. The van der Waals surface area contributed by atoms with E-state index in [0.717, 1.165) is 64.9 Å². The van der Waals surface area contributed by atoms with E-state index in [-0.39, 0.29) is 11.6 Å². The number of aryl methyl sites for hydroxylation is 4. The van der Waals surface area contributed by atoms with Gasteiger partial charge in [-0.3, -0.25) is 9.59 Å². The van der Waals surface area contributed by atoms with Crippen molar-refractivity contribution in [3.05, 3.63) is 165 Å². The Hall–Kier alpha value is -3.68. The Kier molecular flexibility index (Phi) is 18.6. The number of hydrogen-bond acceptors (Lipinski definition) is 6. The Bertz CT molecular complexity index is 2190. The maximum absolute atomic E-state index is 15.7. The summed E-state index contributed by atoms with van der Waals surface area (Å²) in [7, 11) is 0. The van der Waals surface area contributed by atoms with Crippen LogP contribution in [0.5, 0.6) is 0 Å². The molecule has 0 amide bonds. The average Bonchev–Trinajstić information content (AvgIpc) is 3.31. The standard InChI is InChI=1S/C58H66O2S4/c1-5-9-13-17-41-21-29-45(30-22-41)61-49-37-38-50(62-46-31-23-42(24-32-46)18-14-10-6-2)54-53(49)57(59)55-51(63-47-33-25-43(26-34-47)19-15-11-7-3)39-40-52(56(55)58(54)60)64-48-35-27-44(28-36-48)20-16-12-8-4/h21-40,53-54H,5-20H2,1-4H3. The van der Waals surface area contributed by atoms with Crippen LogP contribution in [0.15, 0.2) is 161 Å². The Labute approximate surface area is 401 Å². The first-order valence-electron chi connectivity index (χ1n) is 24.1. The fraction of sp³-hybridized carbons (Fsp3) is 0.379. The number of rotatable bonds is 24. The Balaban J connectivity index is 1.27. The molecule has 0 N–H and O–H groups in total. The highest BCUT2D eigenvalue weighted by Gasteiger charge is 2.48. The SMILES string of the molecule is CCCCCc1ccc(SC2=CC=C(Sc3ccc(CCCCC)cc3)C3C(=O)c4c(Sc5ccc(CCCCC)cc5)ccc(Sc5ccc(CCCCC)cc5)c4C(=O)C23)cc1. The van der Waals surface area contributed by atoms with Gasteiger partial charge in [-0.15, -0.1) is 0 Å². The number of carbonyl (C=O) groups is 2. The molecule has 0 fully saturated rings. The highest BCUT2D eigenvalue weighted by atomic mass is 32.2. The molecule has 334 valence electrons. The maximum Gasteiger partial charge on any atom is 0.173 e. The van der Waals surface area contributed by atoms with Crippen LogP contribution in [-0.2, 0) is 25.7 Å². The van der Waals surface area contributed by atoms with Crippen molar-refractivity contribution >= 4 is 58.6 Å². The summed E-state index contributed by atoms with van der Waals surface area (Å²) >= 11 is 6.51. The summed E-state index contributed by atoms with van der Waals surface area (Å²) < 4.78 is 0. The minimum absolute atomic E-state index is 0.0411. The third-order valence-corrected chi connectivity index (χ3v) is 16.8. The summed E-state index contributed by atoms with van der Waals surface area (Å²) in [6, 6.07) is 39.5. The van der Waals surface area contributed by atoms with Gasteiger partial charge >= 0.3 is 0 Å². The average molecular weight is 923 g/mol. The molecular formula is C58H66O2S4. The van der Waals surface area contributed by atoms with Crippen LogP contribution in [0.3, 0.4) is 0 Å². The molecule has 0 saturated heterocycles. The molecule has 0 heterocycles. The molecule has 7 rings (SSSR count). The summed E-state index contributed by atoms with van der Waals surface area (Å²) in [5.74, 6) is -1.14. The molecule has 2 aliphatic carbocycles. The van der Waals surface area contributed by atoms with Gasteiger partial charge in [-0.1, -0.05) is 187 Å². The first kappa shape index (κ1) is 48.3.